The Kier molecular flexibility index (Phi) is 55.7. The quantitative estimate of drug-likeness (QED) is 0.0195. The van der Waals surface area contributed by atoms with Crippen molar-refractivity contribution in [2.75, 3.05) is 13.2 Å². The number of esters is 1. The zero-order valence-electron chi connectivity index (χ0n) is 53.7. The summed E-state index contributed by atoms with van der Waals surface area (Å²) in [5.74, 6) is -1.29. The first-order chi connectivity index (χ1) is 41.7. The minimum Gasteiger partial charge on any atom is -0.454 e. The molecule has 0 aromatic carbocycles. The fourth-order valence-corrected chi connectivity index (χ4v) is 9.71. The van der Waals surface area contributed by atoms with Crippen LogP contribution in [0.3, 0.4) is 0 Å². The van der Waals surface area contributed by atoms with Crippen molar-refractivity contribution in [2.24, 2.45) is 0 Å². The van der Waals surface area contributed by atoms with Crippen LogP contribution in [0.2, 0.25) is 0 Å². The summed E-state index contributed by atoms with van der Waals surface area (Å²) < 4.78 is 17.6. The number of aliphatic hydroxyl groups excluding tert-OH is 5. The van der Waals surface area contributed by atoms with Crippen molar-refractivity contribution in [3.05, 3.63) is 134 Å². The van der Waals surface area contributed by atoms with Crippen molar-refractivity contribution >= 4 is 11.9 Å². The molecule has 1 aliphatic rings. The molecule has 0 radical (unpaired) electrons. The summed E-state index contributed by atoms with van der Waals surface area (Å²) >= 11 is 0. The van der Waals surface area contributed by atoms with E-state index in [0.29, 0.717) is 12.8 Å². The molecule has 85 heavy (non-hydrogen) atoms. The van der Waals surface area contributed by atoms with E-state index in [1.54, 1.807) is 12.2 Å². The van der Waals surface area contributed by atoms with Gasteiger partial charge < -0.3 is 45.1 Å². The second-order valence-corrected chi connectivity index (χ2v) is 22.8. The van der Waals surface area contributed by atoms with Gasteiger partial charge in [0.15, 0.2) is 12.4 Å². The SMILES string of the molecule is CC/C=C\C/C=C\C/C=C\C/C=C\C/C=C\C/C=C\CC(O)C(=O)NC(COC1OC(CO)C(O)C(O)C1OC(=O)CCCCCCCCCCCCC/C=C\C/C=C\C/C=C\C/C=C\CCCCC)C(O)/C=C/CCCCCCCCCCC. The van der Waals surface area contributed by atoms with Crippen LogP contribution >= 0.6 is 0 Å². The first kappa shape index (κ1) is 78.8. The number of aliphatic hydroxyl groups is 5. The Morgan fingerprint density at radius 2 is 0.847 bits per heavy atom. The van der Waals surface area contributed by atoms with E-state index in [1.807, 2.05) is 18.2 Å². The molecule has 1 rings (SSSR count). The van der Waals surface area contributed by atoms with Crippen molar-refractivity contribution in [1.82, 2.24) is 5.32 Å². The molecule has 1 fully saturated rings. The number of unbranched alkanes of at least 4 members (excludes halogenated alkanes) is 23. The van der Waals surface area contributed by atoms with Gasteiger partial charge in [-0.1, -0.05) is 276 Å². The van der Waals surface area contributed by atoms with Gasteiger partial charge in [0.2, 0.25) is 5.91 Å². The van der Waals surface area contributed by atoms with Crippen LogP contribution in [0.1, 0.15) is 258 Å². The third-order valence-corrected chi connectivity index (χ3v) is 15.0. The molecular weight excluding hydrogens is 1060 g/mol. The van der Waals surface area contributed by atoms with Crippen LogP contribution in [-0.4, -0.2) is 99.6 Å². The van der Waals surface area contributed by atoms with Gasteiger partial charge in [0, 0.05) is 12.8 Å². The van der Waals surface area contributed by atoms with Crippen molar-refractivity contribution in [3.8, 4) is 0 Å². The van der Waals surface area contributed by atoms with Gasteiger partial charge >= 0.3 is 5.97 Å². The molecule has 0 spiro atoms. The summed E-state index contributed by atoms with van der Waals surface area (Å²) in [7, 11) is 0. The zero-order valence-corrected chi connectivity index (χ0v) is 53.7. The highest BCUT2D eigenvalue weighted by Gasteiger charge is 2.47. The van der Waals surface area contributed by atoms with Gasteiger partial charge in [0.05, 0.1) is 25.4 Å². The van der Waals surface area contributed by atoms with Gasteiger partial charge in [-0.3, -0.25) is 9.59 Å². The number of ether oxygens (including phenoxy) is 3. The molecule has 8 atom stereocenters. The van der Waals surface area contributed by atoms with Gasteiger partial charge in [0.1, 0.15) is 24.4 Å². The Labute approximate surface area is 518 Å². The molecule has 1 amide bonds. The number of nitrogens with one attached hydrogen (secondary N) is 1. The predicted octanol–water partition coefficient (Wildman–Crippen LogP) is 17.2. The number of carbonyl (C=O) groups excluding carboxylic acids is 2. The van der Waals surface area contributed by atoms with Crippen molar-refractivity contribution in [1.29, 1.82) is 0 Å². The van der Waals surface area contributed by atoms with Crippen molar-refractivity contribution in [2.45, 2.75) is 307 Å². The minimum absolute atomic E-state index is 0.0513. The molecular formula is C74H123NO10. The number of hydrogen-bond acceptors (Lipinski definition) is 10. The lowest BCUT2D eigenvalue weighted by atomic mass is 9.99. The molecule has 11 nitrogen and oxygen atoms in total. The summed E-state index contributed by atoms with van der Waals surface area (Å²) in [6.07, 6.45) is 75.1. The van der Waals surface area contributed by atoms with E-state index in [-0.39, 0.29) is 19.4 Å². The highest BCUT2D eigenvalue weighted by molar-refractivity contribution is 5.81. The van der Waals surface area contributed by atoms with E-state index in [0.717, 1.165) is 109 Å². The Hall–Kier alpha value is -4.20. The third-order valence-electron chi connectivity index (χ3n) is 15.0. The normalized spacial score (nSPS) is 19.3. The number of hydrogen-bond donors (Lipinski definition) is 6. The molecule has 0 aromatic heterocycles. The largest absolute Gasteiger partial charge is 0.454 e. The van der Waals surface area contributed by atoms with Gasteiger partial charge in [-0.15, -0.1) is 0 Å². The summed E-state index contributed by atoms with van der Waals surface area (Å²) in [6, 6.07) is -1.07. The standard InChI is InChI=1S/C74H123NO10/c1-4-7-10-13-16-19-22-24-26-28-30-31-32-33-34-35-36-37-38-40-42-44-47-50-53-56-59-62-69(79)85-72-71(81)70(80)68(63-76)84-74(72)83-64-65(66(77)60-57-54-51-48-45-21-18-15-12-9-6-3)75-73(82)67(78)61-58-55-52-49-46-43-41-39-29-27-25-23-20-17-14-11-8-5-2/h8,11,16-17,19-20,24-27,30-31,33-34,39,41,46,49,55,57-58,60,65-68,70-72,74,76-78,80-81H,4-7,9-10,12-15,18,21-23,28-29,32,35-38,40,42-45,47-48,50-54,56,59,61-64H2,1-3H3,(H,75,82)/b11-8-,19-16-,20-17-,26-24-,27-25-,31-30-,34-33-,41-39-,49-46-,58-55-,60-57+. The van der Waals surface area contributed by atoms with Crippen LogP contribution in [0.5, 0.6) is 0 Å². The van der Waals surface area contributed by atoms with Crippen molar-refractivity contribution < 1.29 is 49.3 Å². The van der Waals surface area contributed by atoms with E-state index < -0.39 is 67.4 Å². The lowest BCUT2D eigenvalue weighted by molar-refractivity contribution is -0.305. The lowest BCUT2D eigenvalue weighted by Crippen LogP contribution is -2.61. The third kappa shape index (κ3) is 47.5. The van der Waals surface area contributed by atoms with E-state index in [9.17, 15) is 35.1 Å². The summed E-state index contributed by atoms with van der Waals surface area (Å²) in [5.41, 5.74) is 0. The van der Waals surface area contributed by atoms with E-state index >= 15 is 0 Å². The fourth-order valence-electron chi connectivity index (χ4n) is 9.71. The molecule has 1 saturated heterocycles. The fraction of sp³-hybridized carbons (Fsp3) is 0.676. The molecule has 1 heterocycles. The lowest BCUT2D eigenvalue weighted by Gasteiger charge is -2.41. The maximum atomic E-state index is 13.4. The molecule has 1 aliphatic heterocycles. The van der Waals surface area contributed by atoms with Crippen LogP contribution in [-0.2, 0) is 23.8 Å². The van der Waals surface area contributed by atoms with E-state index in [1.165, 1.54) is 103 Å². The molecule has 0 bridgehead atoms. The van der Waals surface area contributed by atoms with Crippen LogP contribution < -0.4 is 5.32 Å². The van der Waals surface area contributed by atoms with Crippen LogP contribution in [0.25, 0.3) is 0 Å². The second-order valence-electron chi connectivity index (χ2n) is 22.8. The molecule has 484 valence electrons. The number of carbonyl (C=O) groups is 2. The monoisotopic (exact) mass is 1190 g/mol. The number of rotatable bonds is 56. The highest BCUT2D eigenvalue weighted by Crippen LogP contribution is 2.26. The van der Waals surface area contributed by atoms with E-state index in [2.05, 4.69) is 129 Å². The Morgan fingerprint density at radius 1 is 0.471 bits per heavy atom. The van der Waals surface area contributed by atoms with Crippen LogP contribution in [0.15, 0.2) is 134 Å². The number of allylic oxidation sites excluding steroid dienone is 20. The Morgan fingerprint density at radius 3 is 1.29 bits per heavy atom. The molecule has 8 unspecified atom stereocenters. The summed E-state index contributed by atoms with van der Waals surface area (Å²) in [4.78, 5) is 26.6. The molecule has 0 saturated carbocycles. The Bertz CT molecular complexity index is 1890. The van der Waals surface area contributed by atoms with Gasteiger partial charge in [-0.05, 0) is 103 Å². The van der Waals surface area contributed by atoms with Crippen LogP contribution in [0.4, 0.5) is 0 Å². The summed E-state index contributed by atoms with van der Waals surface area (Å²) in [5, 5.41) is 57.0. The molecule has 0 aliphatic carbocycles. The highest BCUT2D eigenvalue weighted by atomic mass is 16.7. The summed E-state index contributed by atoms with van der Waals surface area (Å²) in [6.45, 7) is 5.59. The average Bonchev–Trinajstić information content (AvgIpc) is 3.51. The van der Waals surface area contributed by atoms with Gasteiger partial charge in [-0.2, -0.15) is 0 Å². The van der Waals surface area contributed by atoms with Gasteiger partial charge in [-0.25, -0.2) is 0 Å². The molecule has 0 aromatic rings. The van der Waals surface area contributed by atoms with Crippen molar-refractivity contribution in [3.63, 3.8) is 0 Å². The first-order valence-corrected chi connectivity index (χ1v) is 34.0. The Balaban J connectivity index is 2.61. The topological polar surface area (TPSA) is 175 Å². The maximum Gasteiger partial charge on any atom is 0.306 e. The zero-order chi connectivity index (χ0) is 61.7. The van der Waals surface area contributed by atoms with Crippen LogP contribution in [0, 0.1) is 0 Å². The second kappa shape index (κ2) is 60.1. The first-order valence-electron chi connectivity index (χ1n) is 34.0. The predicted molar refractivity (Wildman–Crippen MR) is 356 cm³/mol. The molecule has 6 N–H and O–H groups in total. The number of amides is 1. The van der Waals surface area contributed by atoms with E-state index in [4.69, 9.17) is 14.2 Å². The average molecular weight is 1190 g/mol. The minimum atomic E-state index is -1.64. The maximum absolute atomic E-state index is 13.4. The smallest absolute Gasteiger partial charge is 0.306 e. The molecule has 11 heteroatoms. The van der Waals surface area contributed by atoms with Gasteiger partial charge in [0.25, 0.3) is 0 Å².